The Hall–Kier alpha value is -0.810. The Balaban J connectivity index is 1.66. The number of rotatable bonds is 4. The van der Waals surface area contributed by atoms with Gasteiger partial charge in [0.1, 0.15) is 0 Å². The summed E-state index contributed by atoms with van der Waals surface area (Å²) in [5, 5.41) is 13.0. The van der Waals surface area contributed by atoms with Crippen LogP contribution in [-0.4, -0.2) is 65.8 Å². The van der Waals surface area contributed by atoms with Gasteiger partial charge in [0.25, 0.3) is 0 Å². The Morgan fingerprint density at radius 3 is 2.70 bits per heavy atom. The van der Waals surface area contributed by atoms with E-state index in [0.29, 0.717) is 31.8 Å². The molecule has 5 nitrogen and oxygen atoms in total. The van der Waals surface area contributed by atoms with Crippen molar-refractivity contribution in [2.45, 2.75) is 45.1 Å². The van der Waals surface area contributed by atoms with Crippen LogP contribution in [0.2, 0.25) is 0 Å². The third-order valence-corrected chi connectivity index (χ3v) is 4.58. The molecule has 0 aromatic carbocycles. The molecule has 0 aromatic rings. The van der Waals surface area contributed by atoms with Crippen LogP contribution in [-0.2, 0) is 0 Å². The van der Waals surface area contributed by atoms with E-state index in [9.17, 15) is 9.90 Å². The minimum Gasteiger partial charge on any atom is -0.390 e. The Labute approximate surface area is 122 Å². The lowest BCUT2D eigenvalue weighted by Gasteiger charge is -2.35. The fraction of sp³-hybridized carbons (Fsp3) is 0.933. The maximum atomic E-state index is 12.1. The molecule has 2 amide bonds. The second-order valence-electron chi connectivity index (χ2n) is 6.63. The average Bonchev–Trinajstić information content (AvgIpc) is 2.84. The minimum atomic E-state index is -0.594. The molecular weight excluding hydrogens is 254 g/mol. The highest BCUT2D eigenvalue weighted by molar-refractivity contribution is 5.74. The van der Waals surface area contributed by atoms with Crippen LogP contribution in [0, 0.1) is 5.92 Å². The molecule has 2 heterocycles. The van der Waals surface area contributed by atoms with Gasteiger partial charge in [0.2, 0.25) is 0 Å². The van der Waals surface area contributed by atoms with E-state index in [-0.39, 0.29) is 6.03 Å². The highest BCUT2D eigenvalue weighted by Crippen LogP contribution is 2.21. The van der Waals surface area contributed by atoms with Gasteiger partial charge in [0, 0.05) is 26.2 Å². The summed E-state index contributed by atoms with van der Waals surface area (Å²) in [6, 6.07) is 0.0365. The van der Waals surface area contributed by atoms with E-state index >= 15 is 0 Å². The summed E-state index contributed by atoms with van der Waals surface area (Å²) in [5.41, 5.74) is -0.594. The first-order valence-electron chi connectivity index (χ1n) is 7.97. The summed E-state index contributed by atoms with van der Waals surface area (Å²) in [6.45, 7) is 9.61. The fourth-order valence-electron chi connectivity index (χ4n) is 3.13. The number of carbonyl (C=O) groups excluding carboxylic acids is 1. The number of carbonyl (C=O) groups is 1. The van der Waals surface area contributed by atoms with Crippen LogP contribution in [0.4, 0.5) is 4.79 Å². The third-order valence-electron chi connectivity index (χ3n) is 4.58. The van der Waals surface area contributed by atoms with Crippen LogP contribution < -0.4 is 5.32 Å². The molecule has 2 saturated heterocycles. The molecule has 20 heavy (non-hydrogen) atoms. The lowest BCUT2D eigenvalue weighted by Crippen LogP contribution is -2.49. The highest BCUT2D eigenvalue weighted by atomic mass is 16.3. The first-order chi connectivity index (χ1) is 9.50. The highest BCUT2D eigenvalue weighted by Gasteiger charge is 2.30. The number of likely N-dealkylation sites (tertiary alicyclic amines) is 2. The number of hydrogen-bond donors (Lipinski definition) is 2. The smallest absolute Gasteiger partial charge is 0.317 e. The second-order valence-corrected chi connectivity index (χ2v) is 6.63. The predicted molar refractivity (Wildman–Crippen MR) is 79.7 cm³/mol. The van der Waals surface area contributed by atoms with Gasteiger partial charge in [-0.05, 0) is 51.6 Å². The maximum Gasteiger partial charge on any atom is 0.317 e. The van der Waals surface area contributed by atoms with Gasteiger partial charge in [-0.1, -0.05) is 6.92 Å². The lowest BCUT2D eigenvalue weighted by atomic mass is 9.94. The van der Waals surface area contributed by atoms with Crippen LogP contribution in [0.15, 0.2) is 0 Å². The number of aliphatic hydroxyl groups is 1. The van der Waals surface area contributed by atoms with E-state index in [1.807, 2.05) is 11.8 Å². The van der Waals surface area contributed by atoms with Crippen molar-refractivity contribution in [1.82, 2.24) is 15.1 Å². The number of amides is 2. The van der Waals surface area contributed by atoms with Crippen LogP contribution in [0.5, 0.6) is 0 Å². The van der Waals surface area contributed by atoms with E-state index < -0.39 is 5.60 Å². The Bertz CT molecular complexity index is 323. The van der Waals surface area contributed by atoms with Crippen LogP contribution in [0.25, 0.3) is 0 Å². The Morgan fingerprint density at radius 2 is 2.05 bits per heavy atom. The molecule has 116 valence electrons. The molecule has 1 atom stereocenters. The third kappa shape index (κ3) is 4.35. The summed E-state index contributed by atoms with van der Waals surface area (Å²) >= 11 is 0. The molecular formula is C15H29N3O2. The summed E-state index contributed by atoms with van der Waals surface area (Å²) in [5.74, 6) is 0.596. The van der Waals surface area contributed by atoms with Crippen molar-refractivity contribution in [2.75, 3.05) is 39.3 Å². The quantitative estimate of drug-likeness (QED) is 0.817. The molecule has 2 rings (SSSR count). The lowest BCUT2D eigenvalue weighted by molar-refractivity contribution is 0.00433. The zero-order valence-electron chi connectivity index (χ0n) is 12.9. The monoisotopic (exact) mass is 283 g/mol. The van der Waals surface area contributed by atoms with Crippen LogP contribution in [0.1, 0.15) is 39.5 Å². The predicted octanol–water partition coefficient (Wildman–Crippen LogP) is 1.27. The Morgan fingerprint density at radius 1 is 1.35 bits per heavy atom. The van der Waals surface area contributed by atoms with Crippen molar-refractivity contribution in [2.24, 2.45) is 5.92 Å². The minimum absolute atomic E-state index is 0.0365. The van der Waals surface area contributed by atoms with Gasteiger partial charge in [0.05, 0.1) is 5.60 Å². The molecule has 0 saturated carbocycles. The Kier molecular flexibility index (Phi) is 5.27. The van der Waals surface area contributed by atoms with Crippen molar-refractivity contribution < 1.29 is 9.90 Å². The largest absolute Gasteiger partial charge is 0.390 e. The first kappa shape index (κ1) is 15.6. The van der Waals surface area contributed by atoms with Gasteiger partial charge in [-0.25, -0.2) is 4.79 Å². The van der Waals surface area contributed by atoms with Gasteiger partial charge in [-0.3, -0.25) is 0 Å². The van der Waals surface area contributed by atoms with Crippen molar-refractivity contribution in [3.05, 3.63) is 0 Å². The molecule has 0 aromatic heterocycles. The average molecular weight is 283 g/mol. The first-order valence-corrected chi connectivity index (χ1v) is 7.97. The van der Waals surface area contributed by atoms with Gasteiger partial charge < -0.3 is 20.2 Å². The zero-order chi connectivity index (χ0) is 14.6. The van der Waals surface area contributed by atoms with E-state index in [4.69, 9.17) is 0 Å². The molecule has 0 spiro atoms. The van der Waals surface area contributed by atoms with Gasteiger partial charge in [-0.15, -0.1) is 0 Å². The van der Waals surface area contributed by atoms with Gasteiger partial charge >= 0.3 is 6.03 Å². The summed E-state index contributed by atoms with van der Waals surface area (Å²) in [6.07, 6.45) is 3.74. The summed E-state index contributed by atoms with van der Waals surface area (Å²) < 4.78 is 0. The van der Waals surface area contributed by atoms with E-state index in [2.05, 4.69) is 17.1 Å². The molecule has 0 radical (unpaired) electrons. The van der Waals surface area contributed by atoms with Crippen molar-refractivity contribution in [3.63, 3.8) is 0 Å². The van der Waals surface area contributed by atoms with Crippen LogP contribution in [0.3, 0.4) is 0 Å². The molecule has 2 N–H and O–H groups in total. The van der Waals surface area contributed by atoms with Crippen molar-refractivity contribution >= 4 is 6.03 Å². The normalized spacial score (nSPS) is 26.8. The van der Waals surface area contributed by atoms with E-state index in [0.717, 1.165) is 13.1 Å². The topological polar surface area (TPSA) is 55.8 Å². The summed E-state index contributed by atoms with van der Waals surface area (Å²) in [4.78, 5) is 16.4. The standard InChI is InChI=1S/C15H29N3O2/c1-3-7-17-8-4-13(12-17)11-16-14(19)18-9-5-15(2,20)6-10-18/h13,20H,3-12H2,1-2H3,(H,16,19). The number of nitrogens with zero attached hydrogens (tertiary/aromatic N) is 2. The van der Waals surface area contributed by atoms with Gasteiger partial charge in [0.15, 0.2) is 0 Å². The maximum absolute atomic E-state index is 12.1. The van der Waals surface area contributed by atoms with Crippen LogP contribution >= 0.6 is 0 Å². The summed E-state index contributed by atoms with van der Waals surface area (Å²) in [7, 11) is 0. The molecule has 2 aliphatic heterocycles. The number of urea groups is 1. The molecule has 0 bridgehead atoms. The fourth-order valence-corrected chi connectivity index (χ4v) is 3.13. The molecule has 5 heteroatoms. The number of piperidine rings is 1. The van der Waals surface area contributed by atoms with Crippen molar-refractivity contribution in [1.29, 1.82) is 0 Å². The second kappa shape index (κ2) is 6.76. The molecule has 2 aliphatic rings. The van der Waals surface area contributed by atoms with Crippen molar-refractivity contribution in [3.8, 4) is 0 Å². The number of nitrogens with one attached hydrogen (secondary N) is 1. The zero-order valence-corrected chi connectivity index (χ0v) is 12.9. The van der Waals surface area contributed by atoms with E-state index in [1.165, 1.54) is 25.9 Å². The molecule has 1 unspecified atom stereocenters. The van der Waals surface area contributed by atoms with Gasteiger partial charge in [-0.2, -0.15) is 0 Å². The molecule has 0 aliphatic carbocycles. The molecule has 2 fully saturated rings. The number of hydrogen-bond acceptors (Lipinski definition) is 3. The van der Waals surface area contributed by atoms with E-state index in [1.54, 1.807) is 0 Å². The SMILES string of the molecule is CCCN1CCC(CNC(=O)N2CCC(C)(O)CC2)C1.